The number of nitrogens with two attached hydrogens (primary N) is 1. The van der Waals surface area contributed by atoms with Gasteiger partial charge >= 0.3 is 0 Å². The lowest BCUT2D eigenvalue weighted by atomic mass is 9.90. The second-order valence-corrected chi connectivity index (χ2v) is 11.6. The number of hydrogen-bond donors (Lipinski definition) is 3. The number of aromatic nitrogens is 4. The molecule has 0 spiro atoms. The molecule has 2 amide bonds. The monoisotopic (exact) mass is 622 g/mol. The molecule has 4 N–H and O–H groups in total. The third kappa shape index (κ3) is 5.67. The minimum atomic E-state index is -1.65. The molecule has 13 heteroatoms. The summed E-state index contributed by atoms with van der Waals surface area (Å²) in [4.78, 5) is 34.0. The van der Waals surface area contributed by atoms with Gasteiger partial charge in [0.15, 0.2) is 11.0 Å². The highest BCUT2D eigenvalue weighted by atomic mass is 35.5. The maximum atomic E-state index is 15.2. The molecule has 0 bridgehead atoms. The van der Waals surface area contributed by atoms with E-state index in [4.69, 9.17) is 26.8 Å². The Labute approximate surface area is 257 Å². The van der Waals surface area contributed by atoms with Gasteiger partial charge in [-0.05, 0) is 62.8 Å². The number of nitrogens with one attached hydrogen (secondary N) is 1. The standard InChI is InChI=1S/C31H32ClFN6O5/c1-3-44-28-16(13-24(34)40)12-23(37-27(28)21-8-9-35-29(32)25(21)33)31(42,19-4-5-19)15-36-30(41)17-10-18-14-39(20-6-7-20)38-26(18)22(11-17)43-2/h8-12,14,19-20,42H,3-7,13,15H2,1-2H3,(H2,34,40)(H,36,41)/t31-/m1/s1. The molecule has 0 radical (unpaired) electrons. The van der Waals surface area contributed by atoms with E-state index in [-0.39, 0.29) is 53.3 Å². The van der Waals surface area contributed by atoms with Gasteiger partial charge in [0, 0.05) is 34.5 Å². The van der Waals surface area contributed by atoms with Gasteiger partial charge in [-0.3, -0.25) is 14.3 Å². The van der Waals surface area contributed by atoms with Gasteiger partial charge in [-0.1, -0.05) is 11.6 Å². The average molecular weight is 623 g/mol. The van der Waals surface area contributed by atoms with Crippen molar-refractivity contribution in [1.29, 1.82) is 0 Å². The topological polar surface area (TPSA) is 154 Å². The summed E-state index contributed by atoms with van der Waals surface area (Å²) in [6.45, 7) is 1.73. The molecule has 4 aromatic rings. The van der Waals surface area contributed by atoms with Crippen LogP contribution in [0.1, 0.15) is 60.3 Å². The molecule has 2 aliphatic carbocycles. The molecule has 0 unspecified atom stereocenters. The van der Waals surface area contributed by atoms with Crippen molar-refractivity contribution in [3.05, 3.63) is 64.5 Å². The first-order valence-corrected chi connectivity index (χ1v) is 14.8. The number of hydrogen-bond acceptors (Lipinski definition) is 8. The quantitative estimate of drug-likeness (QED) is 0.200. The van der Waals surface area contributed by atoms with Crippen LogP contribution in [0.25, 0.3) is 22.2 Å². The molecule has 2 aliphatic rings. The van der Waals surface area contributed by atoms with E-state index in [9.17, 15) is 14.7 Å². The van der Waals surface area contributed by atoms with Gasteiger partial charge in [0.05, 0.1) is 38.4 Å². The number of carbonyl (C=O) groups is 2. The first-order chi connectivity index (χ1) is 21.1. The third-order valence-corrected chi connectivity index (χ3v) is 8.28. The third-order valence-electron chi connectivity index (χ3n) is 8.01. The zero-order chi connectivity index (χ0) is 31.2. The summed E-state index contributed by atoms with van der Waals surface area (Å²) >= 11 is 5.99. The molecular weight excluding hydrogens is 591 g/mol. The molecule has 0 aliphatic heterocycles. The van der Waals surface area contributed by atoms with Crippen molar-refractivity contribution in [2.45, 2.75) is 50.7 Å². The fourth-order valence-electron chi connectivity index (χ4n) is 5.47. The van der Waals surface area contributed by atoms with Crippen molar-refractivity contribution in [3.8, 4) is 22.8 Å². The number of methoxy groups -OCH3 is 1. The van der Waals surface area contributed by atoms with Gasteiger partial charge in [0.2, 0.25) is 5.91 Å². The summed E-state index contributed by atoms with van der Waals surface area (Å²) in [5, 5.41) is 20.0. The predicted octanol–water partition coefficient (Wildman–Crippen LogP) is 4.08. The average Bonchev–Trinajstić information content (AvgIpc) is 3.94. The zero-order valence-electron chi connectivity index (χ0n) is 24.3. The summed E-state index contributed by atoms with van der Waals surface area (Å²) in [5.41, 5.74) is 5.39. The highest BCUT2D eigenvalue weighted by Gasteiger charge is 2.47. The Bertz CT molecular complexity index is 1770. The Kier molecular flexibility index (Phi) is 7.89. The number of ether oxygens (including phenoxy) is 2. The molecule has 2 saturated carbocycles. The summed E-state index contributed by atoms with van der Waals surface area (Å²) < 4.78 is 28.5. The van der Waals surface area contributed by atoms with E-state index < -0.39 is 23.2 Å². The van der Waals surface area contributed by atoms with Crippen molar-refractivity contribution in [2.75, 3.05) is 20.3 Å². The Morgan fingerprint density at radius 3 is 2.68 bits per heavy atom. The molecule has 1 aromatic carbocycles. The number of nitrogens with zero attached hydrogens (tertiary/aromatic N) is 4. The van der Waals surface area contributed by atoms with E-state index in [1.165, 1.54) is 25.4 Å². The normalized spacial score (nSPS) is 16.0. The molecule has 3 heterocycles. The van der Waals surface area contributed by atoms with Crippen molar-refractivity contribution >= 4 is 34.3 Å². The number of pyridine rings is 2. The lowest BCUT2D eigenvalue weighted by Crippen LogP contribution is -2.43. The Morgan fingerprint density at radius 1 is 1.25 bits per heavy atom. The smallest absolute Gasteiger partial charge is 0.251 e. The summed E-state index contributed by atoms with van der Waals surface area (Å²) in [5.74, 6) is -1.55. The molecule has 1 atom stereocenters. The Balaban J connectivity index is 1.37. The Morgan fingerprint density at radius 2 is 2.02 bits per heavy atom. The van der Waals surface area contributed by atoms with Crippen molar-refractivity contribution < 1.29 is 28.6 Å². The SMILES string of the molecule is CCOc1c(CC(N)=O)cc([C@@](O)(CNC(=O)c2cc(OC)c3nn(C4CC4)cc3c2)C2CC2)nc1-c1ccnc(Cl)c1F. The van der Waals surface area contributed by atoms with Crippen LogP contribution in [-0.4, -0.2) is 56.9 Å². The van der Waals surface area contributed by atoms with E-state index >= 15 is 4.39 Å². The molecule has 6 rings (SSSR count). The van der Waals surface area contributed by atoms with Gasteiger partial charge < -0.3 is 25.6 Å². The van der Waals surface area contributed by atoms with E-state index in [0.29, 0.717) is 41.3 Å². The molecule has 230 valence electrons. The van der Waals surface area contributed by atoms with E-state index in [1.807, 2.05) is 10.9 Å². The summed E-state index contributed by atoms with van der Waals surface area (Å²) in [6, 6.07) is 6.64. The number of amides is 2. The van der Waals surface area contributed by atoms with Crippen LogP contribution in [0.3, 0.4) is 0 Å². The van der Waals surface area contributed by atoms with Crippen LogP contribution in [0.4, 0.5) is 4.39 Å². The van der Waals surface area contributed by atoms with Gasteiger partial charge in [-0.15, -0.1) is 0 Å². The highest BCUT2D eigenvalue weighted by molar-refractivity contribution is 6.29. The van der Waals surface area contributed by atoms with Crippen LogP contribution in [0, 0.1) is 11.7 Å². The van der Waals surface area contributed by atoms with Crippen LogP contribution >= 0.6 is 11.6 Å². The van der Waals surface area contributed by atoms with Gasteiger partial charge in [0.25, 0.3) is 5.91 Å². The number of carbonyl (C=O) groups excluding carboxylic acids is 2. The molecule has 44 heavy (non-hydrogen) atoms. The van der Waals surface area contributed by atoms with Gasteiger partial charge in [0.1, 0.15) is 28.3 Å². The maximum absolute atomic E-state index is 15.2. The Hall–Kier alpha value is -4.29. The first-order valence-electron chi connectivity index (χ1n) is 14.5. The lowest BCUT2D eigenvalue weighted by Gasteiger charge is -2.30. The van der Waals surface area contributed by atoms with E-state index in [1.54, 1.807) is 19.1 Å². The fraction of sp³-hybridized carbons (Fsp3) is 0.387. The molecule has 11 nitrogen and oxygen atoms in total. The minimum absolute atomic E-state index is 0.0182. The van der Waals surface area contributed by atoms with Crippen LogP contribution in [0.15, 0.2) is 36.7 Å². The van der Waals surface area contributed by atoms with Crippen molar-refractivity contribution in [1.82, 2.24) is 25.1 Å². The second-order valence-electron chi connectivity index (χ2n) is 11.2. The van der Waals surface area contributed by atoms with Crippen LogP contribution in [0.5, 0.6) is 11.5 Å². The number of halogens is 2. The van der Waals surface area contributed by atoms with Gasteiger partial charge in [-0.25, -0.2) is 14.4 Å². The number of fused-ring (bicyclic) bond motifs is 1. The fourth-order valence-corrected chi connectivity index (χ4v) is 5.63. The largest absolute Gasteiger partial charge is 0.494 e. The van der Waals surface area contributed by atoms with Crippen LogP contribution in [0.2, 0.25) is 5.15 Å². The van der Waals surface area contributed by atoms with Crippen molar-refractivity contribution in [2.24, 2.45) is 11.7 Å². The number of rotatable bonds is 12. The van der Waals surface area contributed by atoms with Gasteiger partial charge in [-0.2, -0.15) is 5.10 Å². The number of primary amides is 1. The molecular formula is C31H32ClFN6O5. The number of aliphatic hydroxyl groups is 1. The maximum Gasteiger partial charge on any atom is 0.251 e. The second kappa shape index (κ2) is 11.7. The molecule has 0 saturated heterocycles. The van der Waals surface area contributed by atoms with Crippen molar-refractivity contribution in [3.63, 3.8) is 0 Å². The van der Waals surface area contributed by atoms with E-state index in [0.717, 1.165) is 18.2 Å². The van der Waals surface area contributed by atoms with E-state index in [2.05, 4.69) is 20.4 Å². The minimum Gasteiger partial charge on any atom is -0.494 e. The first kappa shape index (κ1) is 29.8. The number of benzene rings is 1. The summed E-state index contributed by atoms with van der Waals surface area (Å²) in [7, 11) is 1.52. The van der Waals surface area contributed by atoms with Crippen LogP contribution in [-0.2, 0) is 16.8 Å². The highest BCUT2D eigenvalue weighted by Crippen LogP contribution is 2.47. The van der Waals surface area contributed by atoms with Crippen LogP contribution < -0.4 is 20.5 Å². The zero-order valence-corrected chi connectivity index (χ0v) is 25.0. The lowest BCUT2D eigenvalue weighted by molar-refractivity contribution is -0.117. The molecule has 3 aromatic heterocycles. The molecule has 2 fully saturated rings. The summed E-state index contributed by atoms with van der Waals surface area (Å²) in [6.07, 6.45) is 6.46. The predicted molar refractivity (Wildman–Crippen MR) is 160 cm³/mol.